The Bertz CT molecular complexity index is 92.7. The Balaban J connectivity index is 3.14. The zero-order valence-electron chi connectivity index (χ0n) is 5.88. The van der Waals surface area contributed by atoms with Crippen LogP contribution in [0.25, 0.3) is 0 Å². The highest BCUT2D eigenvalue weighted by atomic mass is 16.3. The van der Waals surface area contributed by atoms with E-state index in [0.717, 1.165) is 12.8 Å². The lowest BCUT2D eigenvalue weighted by Gasteiger charge is -1.91. The molecule has 52 valence electrons. The first kappa shape index (κ1) is 8.44. The Morgan fingerprint density at radius 1 is 1.56 bits per heavy atom. The Morgan fingerprint density at radius 3 is 2.67 bits per heavy atom. The molecule has 0 bridgehead atoms. The SMILES string of the molecule is C=CCC/C=C/C(C)O. The summed E-state index contributed by atoms with van der Waals surface area (Å²) in [5, 5.41) is 8.74. The van der Waals surface area contributed by atoms with Gasteiger partial charge in [-0.3, -0.25) is 0 Å². The molecule has 0 heterocycles. The second-order valence-corrected chi connectivity index (χ2v) is 2.03. The quantitative estimate of drug-likeness (QED) is 0.450. The summed E-state index contributed by atoms with van der Waals surface area (Å²) in [6, 6.07) is 0. The smallest absolute Gasteiger partial charge is 0.0692 e. The number of unbranched alkanes of at least 4 members (excludes halogenated alkanes) is 1. The monoisotopic (exact) mass is 126 g/mol. The van der Waals surface area contributed by atoms with Crippen molar-refractivity contribution in [2.45, 2.75) is 25.9 Å². The summed E-state index contributed by atoms with van der Waals surface area (Å²) in [4.78, 5) is 0. The first-order chi connectivity index (χ1) is 4.27. The predicted octanol–water partition coefficient (Wildman–Crippen LogP) is 1.89. The van der Waals surface area contributed by atoms with E-state index in [2.05, 4.69) is 6.58 Å². The molecule has 0 saturated heterocycles. The van der Waals surface area contributed by atoms with Gasteiger partial charge in [0.1, 0.15) is 0 Å². The first-order valence-corrected chi connectivity index (χ1v) is 3.23. The lowest BCUT2D eigenvalue weighted by molar-refractivity contribution is 0.244. The molecule has 1 nitrogen and oxygen atoms in total. The van der Waals surface area contributed by atoms with Gasteiger partial charge in [0.25, 0.3) is 0 Å². The van der Waals surface area contributed by atoms with Gasteiger partial charge in [-0.25, -0.2) is 0 Å². The average Bonchev–Trinajstić information content (AvgIpc) is 1.80. The molecule has 0 aliphatic rings. The highest BCUT2D eigenvalue weighted by Crippen LogP contribution is 1.92. The number of rotatable bonds is 4. The molecular formula is C8H14O. The molecule has 0 aromatic rings. The molecule has 0 rings (SSSR count). The van der Waals surface area contributed by atoms with E-state index in [4.69, 9.17) is 5.11 Å². The largest absolute Gasteiger partial charge is 0.389 e. The van der Waals surface area contributed by atoms with Crippen molar-refractivity contribution in [2.24, 2.45) is 0 Å². The van der Waals surface area contributed by atoms with Crippen molar-refractivity contribution in [1.82, 2.24) is 0 Å². The molecule has 0 aliphatic heterocycles. The van der Waals surface area contributed by atoms with Crippen molar-refractivity contribution in [1.29, 1.82) is 0 Å². The summed E-state index contributed by atoms with van der Waals surface area (Å²) in [5.74, 6) is 0. The number of allylic oxidation sites excluding steroid dienone is 2. The van der Waals surface area contributed by atoms with Crippen molar-refractivity contribution >= 4 is 0 Å². The summed E-state index contributed by atoms with van der Waals surface area (Å²) >= 11 is 0. The normalized spacial score (nSPS) is 14.0. The van der Waals surface area contributed by atoms with E-state index < -0.39 is 0 Å². The molecule has 0 radical (unpaired) electrons. The summed E-state index contributed by atoms with van der Waals surface area (Å²) in [6.07, 6.45) is 7.27. The van der Waals surface area contributed by atoms with Crippen molar-refractivity contribution < 1.29 is 5.11 Å². The van der Waals surface area contributed by atoms with E-state index in [1.54, 1.807) is 13.0 Å². The molecule has 0 saturated carbocycles. The average molecular weight is 126 g/mol. The molecule has 1 heteroatoms. The van der Waals surface area contributed by atoms with Gasteiger partial charge in [0.15, 0.2) is 0 Å². The van der Waals surface area contributed by atoms with Gasteiger partial charge in [0.2, 0.25) is 0 Å². The molecule has 0 aliphatic carbocycles. The maximum Gasteiger partial charge on any atom is 0.0692 e. The van der Waals surface area contributed by atoms with E-state index in [9.17, 15) is 0 Å². The van der Waals surface area contributed by atoms with Crippen LogP contribution in [0.4, 0.5) is 0 Å². The fourth-order valence-electron chi connectivity index (χ4n) is 0.507. The standard InChI is InChI=1S/C8H14O/c1-3-4-5-6-7-8(2)9/h3,6-9H,1,4-5H2,2H3/b7-6+. The van der Waals surface area contributed by atoms with Crippen LogP contribution < -0.4 is 0 Å². The molecule has 0 aromatic carbocycles. The van der Waals surface area contributed by atoms with Crippen molar-refractivity contribution in [3.05, 3.63) is 24.8 Å². The molecule has 0 aromatic heterocycles. The highest BCUT2D eigenvalue weighted by Gasteiger charge is 1.82. The minimum absolute atomic E-state index is 0.310. The second kappa shape index (κ2) is 5.57. The van der Waals surface area contributed by atoms with Gasteiger partial charge in [-0.15, -0.1) is 6.58 Å². The number of hydrogen-bond donors (Lipinski definition) is 1. The van der Waals surface area contributed by atoms with Gasteiger partial charge >= 0.3 is 0 Å². The Labute approximate surface area is 56.7 Å². The van der Waals surface area contributed by atoms with Crippen LogP contribution in [0.1, 0.15) is 19.8 Å². The minimum atomic E-state index is -0.310. The Kier molecular flexibility index (Phi) is 5.23. The third kappa shape index (κ3) is 7.44. The fraction of sp³-hybridized carbons (Fsp3) is 0.500. The predicted molar refractivity (Wildman–Crippen MR) is 40.3 cm³/mol. The van der Waals surface area contributed by atoms with E-state index in [1.165, 1.54) is 0 Å². The summed E-state index contributed by atoms with van der Waals surface area (Å²) in [5.41, 5.74) is 0. The third-order valence-electron chi connectivity index (χ3n) is 0.952. The van der Waals surface area contributed by atoms with Gasteiger partial charge in [0, 0.05) is 0 Å². The van der Waals surface area contributed by atoms with Gasteiger partial charge < -0.3 is 5.11 Å². The van der Waals surface area contributed by atoms with Gasteiger partial charge in [-0.2, -0.15) is 0 Å². The molecule has 0 spiro atoms. The molecule has 0 fully saturated rings. The lowest BCUT2D eigenvalue weighted by atomic mass is 10.2. The zero-order chi connectivity index (χ0) is 7.11. The third-order valence-corrected chi connectivity index (χ3v) is 0.952. The van der Waals surface area contributed by atoms with Crippen molar-refractivity contribution in [3.8, 4) is 0 Å². The molecular weight excluding hydrogens is 112 g/mol. The summed E-state index contributed by atoms with van der Waals surface area (Å²) in [7, 11) is 0. The minimum Gasteiger partial charge on any atom is -0.389 e. The van der Waals surface area contributed by atoms with Gasteiger partial charge in [-0.1, -0.05) is 18.2 Å². The Hall–Kier alpha value is -0.560. The molecule has 1 atom stereocenters. The molecule has 1 unspecified atom stereocenters. The van der Waals surface area contributed by atoms with Crippen LogP contribution in [0, 0.1) is 0 Å². The van der Waals surface area contributed by atoms with Gasteiger partial charge in [-0.05, 0) is 19.8 Å². The maximum atomic E-state index is 8.74. The second-order valence-electron chi connectivity index (χ2n) is 2.03. The van der Waals surface area contributed by atoms with Crippen LogP contribution >= 0.6 is 0 Å². The lowest BCUT2D eigenvalue weighted by Crippen LogP contribution is -1.90. The van der Waals surface area contributed by atoms with Crippen LogP contribution in [0.2, 0.25) is 0 Å². The van der Waals surface area contributed by atoms with Gasteiger partial charge in [0.05, 0.1) is 6.10 Å². The van der Waals surface area contributed by atoms with Crippen LogP contribution in [0.5, 0.6) is 0 Å². The van der Waals surface area contributed by atoms with Crippen LogP contribution in [-0.2, 0) is 0 Å². The molecule has 9 heavy (non-hydrogen) atoms. The molecule has 0 amide bonds. The summed E-state index contributed by atoms with van der Waals surface area (Å²) < 4.78 is 0. The van der Waals surface area contributed by atoms with Crippen LogP contribution in [0.3, 0.4) is 0 Å². The Morgan fingerprint density at radius 2 is 2.22 bits per heavy atom. The number of aliphatic hydroxyl groups excluding tert-OH is 1. The number of aliphatic hydroxyl groups is 1. The maximum absolute atomic E-state index is 8.74. The van der Waals surface area contributed by atoms with E-state index in [-0.39, 0.29) is 6.10 Å². The van der Waals surface area contributed by atoms with Crippen LogP contribution in [-0.4, -0.2) is 11.2 Å². The van der Waals surface area contributed by atoms with Crippen molar-refractivity contribution in [3.63, 3.8) is 0 Å². The first-order valence-electron chi connectivity index (χ1n) is 3.23. The number of hydrogen-bond acceptors (Lipinski definition) is 1. The van der Waals surface area contributed by atoms with Crippen molar-refractivity contribution in [2.75, 3.05) is 0 Å². The molecule has 1 N–H and O–H groups in total. The zero-order valence-corrected chi connectivity index (χ0v) is 5.88. The highest BCUT2D eigenvalue weighted by molar-refractivity contribution is 4.87. The van der Waals surface area contributed by atoms with Crippen LogP contribution in [0.15, 0.2) is 24.8 Å². The van der Waals surface area contributed by atoms with E-state index >= 15 is 0 Å². The summed E-state index contributed by atoms with van der Waals surface area (Å²) in [6.45, 7) is 5.32. The van der Waals surface area contributed by atoms with E-state index in [0.29, 0.717) is 0 Å². The topological polar surface area (TPSA) is 20.2 Å². The fourth-order valence-corrected chi connectivity index (χ4v) is 0.507. The van der Waals surface area contributed by atoms with E-state index in [1.807, 2.05) is 12.2 Å².